The first-order chi connectivity index (χ1) is 10.2. The van der Waals surface area contributed by atoms with Crippen molar-refractivity contribution in [3.8, 4) is 10.8 Å². The molecule has 0 bridgehead atoms. The predicted molar refractivity (Wildman–Crippen MR) is 96.6 cm³/mol. The van der Waals surface area contributed by atoms with Crippen molar-refractivity contribution in [2.24, 2.45) is 0 Å². The van der Waals surface area contributed by atoms with E-state index in [4.69, 9.17) is 4.42 Å². The Kier molecular flexibility index (Phi) is 8.05. The van der Waals surface area contributed by atoms with Crippen LogP contribution >= 0.6 is 36.2 Å². The number of nitrogens with zero attached hydrogens (tertiary/aromatic N) is 1. The minimum Gasteiger partial charge on any atom is -0.444 e. The van der Waals surface area contributed by atoms with Crippen molar-refractivity contribution >= 4 is 42.1 Å². The molecule has 2 N–H and O–H groups in total. The lowest BCUT2D eigenvalue weighted by Gasteiger charge is -2.28. The number of rotatable bonds is 4. The average Bonchev–Trinajstić information content (AvgIpc) is 3.08. The number of halogens is 2. The van der Waals surface area contributed by atoms with Crippen LogP contribution in [-0.2, 0) is 11.2 Å². The summed E-state index contributed by atoms with van der Waals surface area (Å²) in [6.45, 7) is 3.10. The summed E-state index contributed by atoms with van der Waals surface area (Å²) >= 11 is 1.57. The van der Waals surface area contributed by atoms with Gasteiger partial charge in [-0.1, -0.05) is 6.07 Å². The zero-order chi connectivity index (χ0) is 14.7. The summed E-state index contributed by atoms with van der Waals surface area (Å²) in [6, 6.07) is 4.63. The minimum atomic E-state index is 0. The molecule has 0 saturated carbocycles. The number of amides is 1. The van der Waals surface area contributed by atoms with Crippen molar-refractivity contribution in [1.82, 2.24) is 15.6 Å². The third-order valence-electron chi connectivity index (χ3n) is 3.61. The van der Waals surface area contributed by atoms with E-state index in [0.29, 0.717) is 17.6 Å². The Hall–Kier alpha value is -1.08. The number of piperidine rings is 1. The molecule has 8 heteroatoms. The molecular formula is C15H21Cl2N3O2S. The van der Waals surface area contributed by atoms with Gasteiger partial charge in [0.2, 0.25) is 11.8 Å². The Labute approximate surface area is 152 Å². The lowest BCUT2D eigenvalue weighted by atomic mass is 10.0. The van der Waals surface area contributed by atoms with Crippen LogP contribution in [0.1, 0.15) is 25.5 Å². The van der Waals surface area contributed by atoms with Gasteiger partial charge in [0.25, 0.3) is 0 Å². The van der Waals surface area contributed by atoms with Gasteiger partial charge in [0.15, 0.2) is 0 Å². The van der Waals surface area contributed by atoms with Crippen LogP contribution in [0.25, 0.3) is 10.8 Å². The zero-order valence-corrected chi connectivity index (χ0v) is 15.2. The predicted octanol–water partition coefficient (Wildman–Crippen LogP) is 3.05. The Bertz CT molecular complexity index is 604. The molecule has 3 heterocycles. The van der Waals surface area contributed by atoms with E-state index in [-0.39, 0.29) is 43.2 Å². The quantitative estimate of drug-likeness (QED) is 0.858. The average molecular weight is 378 g/mol. The van der Waals surface area contributed by atoms with Crippen molar-refractivity contribution in [3.05, 3.63) is 29.5 Å². The number of aromatic nitrogens is 1. The fourth-order valence-electron chi connectivity index (χ4n) is 2.61. The van der Waals surface area contributed by atoms with Gasteiger partial charge in [0.1, 0.15) is 6.26 Å². The Morgan fingerprint density at radius 1 is 1.52 bits per heavy atom. The molecule has 23 heavy (non-hydrogen) atoms. The van der Waals surface area contributed by atoms with Gasteiger partial charge in [-0.05, 0) is 37.8 Å². The molecule has 1 aliphatic heterocycles. The standard InChI is InChI=1S/C15H19N3O2S.2ClH/c1-10-7-11(4-5-16-10)17-14(19)8-12-9-20-15(18-12)13-3-2-6-21-13;;/h2-3,6,9-11,16H,4-5,7-8H2,1H3,(H,17,19);2*1H. The van der Waals surface area contributed by atoms with Gasteiger partial charge < -0.3 is 15.1 Å². The molecule has 1 amide bonds. The second-order valence-electron chi connectivity index (χ2n) is 5.44. The zero-order valence-electron chi connectivity index (χ0n) is 12.8. The highest BCUT2D eigenvalue weighted by Crippen LogP contribution is 2.23. The number of carbonyl (C=O) groups excluding carboxylic acids is 1. The third-order valence-corrected chi connectivity index (χ3v) is 4.47. The second-order valence-corrected chi connectivity index (χ2v) is 6.39. The number of hydrogen-bond donors (Lipinski definition) is 2. The Morgan fingerprint density at radius 2 is 2.35 bits per heavy atom. The van der Waals surface area contributed by atoms with Crippen molar-refractivity contribution in [1.29, 1.82) is 0 Å². The smallest absolute Gasteiger partial charge is 0.236 e. The van der Waals surface area contributed by atoms with Crippen LogP contribution in [0.15, 0.2) is 28.2 Å². The summed E-state index contributed by atoms with van der Waals surface area (Å²) in [6.07, 6.45) is 3.80. The summed E-state index contributed by atoms with van der Waals surface area (Å²) in [5.41, 5.74) is 0.679. The second kappa shape index (κ2) is 9.27. The van der Waals surface area contributed by atoms with E-state index >= 15 is 0 Å². The normalized spacial score (nSPS) is 20.2. The van der Waals surface area contributed by atoms with E-state index in [9.17, 15) is 4.79 Å². The van der Waals surface area contributed by atoms with E-state index in [1.165, 1.54) is 0 Å². The topological polar surface area (TPSA) is 67.2 Å². The van der Waals surface area contributed by atoms with Gasteiger partial charge in [-0.3, -0.25) is 4.79 Å². The first kappa shape index (κ1) is 20.0. The van der Waals surface area contributed by atoms with E-state index in [1.54, 1.807) is 17.6 Å². The maximum absolute atomic E-state index is 12.1. The van der Waals surface area contributed by atoms with Gasteiger partial charge >= 0.3 is 0 Å². The highest BCUT2D eigenvalue weighted by Gasteiger charge is 2.20. The van der Waals surface area contributed by atoms with Crippen molar-refractivity contribution < 1.29 is 9.21 Å². The van der Waals surface area contributed by atoms with E-state index in [0.717, 1.165) is 24.3 Å². The molecule has 0 spiro atoms. The summed E-state index contributed by atoms with van der Waals surface area (Å²) in [5, 5.41) is 8.44. The van der Waals surface area contributed by atoms with Crippen molar-refractivity contribution in [2.75, 3.05) is 6.54 Å². The molecule has 1 aliphatic rings. The Morgan fingerprint density at radius 3 is 3.04 bits per heavy atom. The van der Waals surface area contributed by atoms with Crippen LogP contribution in [0, 0.1) is 0 Å². The minimum absolute atomic E-state index is 0. The van der Waals surface area contributed by atoms with Crippen LogP contribution in [0.4, 0.5) is 0 Å². The maximum Gasteiger partial charge on any atom is 0.236 e. The molecule has 2 atom stereocenters. The maximum atomic E-state index is 12.1. The van der Waals surface area contributed by atoms with Crippen LogP contribution < -0.4 is 10.6 Å². The molecule has 0 radical (unpaired) electrons. The lowest BCUT2D eigenvalue weighted by Crippen LogP contribution is -2.46. The number of hydrogen-bond acceptors (Lipinski definition) is 5. The van der Waals surface area contributed by atoms with E-state index < -0.39 is 0 Å². The summed E-state index contributed by atoms with van der Waals surface area (Å²) in [4.78, 5) is 17.4. The number of thiophene rings is 1. The lowest BCUT2D eigenvalue weighted by molar-refractivity contribution is -0.121. The van der Waals surface area contributed by atoms with Gasteiger partial charge in [-0.15, -0.1) is 36.2 Å². The van der Waals surface area contributed by atoms with Gasteiger partial charge in [0, 0.05) is 12.1 Å². The van der Waals surface area contributed by atoms with Crippen LogP contribution in [0.5, 0.6) is 0 Å². The summed E-state index contributed by atoms with van der Waals surface area (Å²) in [7, 11) is 0. The molecule has 0 aliphatic carbocycles. The first-order valence-corrected chi connectivity index (χ1v) is 8.09. The number of carbonyl (C=O) groups is 1. The summed E-state index contributed by atoms with van der Waals surface area (Å²) in [5.74, 6) is 0.600. The van der Waals surface area contributed by atoms with Crippen molar-refractivity contribution in [3.63, 3.8) is 0 Å². The molecule has 2 unspecified atom stereocenters. The van der Waals surface area contributed by atoms with Crippen LogP contribution in [0.3, 0.4) is 0 Å². The molecule has 2 aromatic rings. The highest BCUT2D eigenvalue weighted by atomic mass is 35.5. The molecule has 1 saturated heterocycles. The summed E-state index contributed by atoms with van der Waals surface area (Å²) < 4.78 is 5.43. The van der Waals surface area contributed by atoms with Gasteiger partial charge in [-0.25, -0.2) is 4.98 Å². The van der Waals surface area contributed by atoms with E-state index in [2.05, 4.69) is 22.5 Å². The SMILES string of the molecule is CC1CC(NC(=O)Cc2coc(-c3cccs3)n2)CCN1.Cl.Cl. The monoisotopic (exact) mass is 377 g/mol. The molecule has 1 fully saturated rings. The molecule has 2 aromatic heterocycles. The molecule has 3 rings (SSSR count). The first-order valence-electron chi connectivity index (χ1n) is 7.22. The number of oxazole rings is 1. The van der Waals surface area contributed by atoms with Crippen molar-refractivity contribution in [2.45, 2.75) is 38.3 Å². The van der Waals surface area contributed by atoms with Gasteiger partial charge in [-0.2, -0.15) is 0 Å². The fraction of sp³-hybridized carbons (Fsp3) is 0.467. The highest BCUT2D eigenvalue weighted by molar-refractivity contribution is 7.13. The largest absolute Gasteiger partial charge is 0.444 e. The van der Waals surface area contributed by atoms with Crippen LogP contribution in [-0.4, -0.2) is 29.5 Å². The Balaban J connectivity index is 0.00000132. The van der Waals surface area contributed by atoms with E-state index in [1.807, 2.05) is 17.5 Å². The fourth-order valence-corrected chi connectivity index (χ4v) is 3.26. The molecular weight excluding hydrogens is 357 g/mol. The number of nitrogens with one attached hydrogen (secondary N) is 2. The molecule has 5 nitrogen and oxygen atoms in total. The molecule has 128 valence electrons. The molecule has 0 aromatic carbocycles. The van der Waals surface area contributed by atoms with Crippen LogP contribution in [0.2, 0.25) is 0 Å². The van der Waals surface area contributed by atoms with Gasteiger partial charge in [0.05, 0.1) is 17.0 Å². The third kappa shape index (κ3) is 5.49.